The van der Waals surface area contributed by atoms with Crippen LogP contribution < -0.4 is 0 Å². The van der Waals surface area contributed by atoms with E-state index in [4.69, 9.17) is 28.4 Å². The van der Waals surface area contributed by atoms with Crippen LogP contribution in [0.15, 0.2) is 49.1 Å². The number of esters is 2. The Balaban J connectivity index is 1.40. The molecule has 0 unspecified atom stereocenters. The van der Waals surface area contributed by atoms with Gasteiger partial charge in [0.1, 0.15) is 24.4 Å². The van der Waals surface area contributed by atoms with E-state index in [1.807, 2.05) is 6.92 Å². The van der Waals surface area contributed by atoms with Crippen molar-refractivity contribution in [2.45, 2.75) is 260 Å². The van der Waals surface area contributed by atoms with E-state index in [-0.39, 0.29) is 57.0 Å². The largest absolute Gasteiger partial charge is 0.462 e. The lowest BCUT2D eigenvalue weighted by atomic mass is 9.78. The number of ether oxygens (including phenoxy) is 6. The van der Waals surface area contributed by atoms with Crippen molar-refractivity contribution >= 4 is 11.9 Å². The van der Waals surface area contributed by atoms with E-state index >= 15 is 0 Å². The van der Waals surface area contributed by atoms with Gasteiger partial charge in [0.25, 0.3) is 0 Å². The molecule has 6 N–H and O–H groups in total. The van der Waals surface area contributed by atoms with Crippen molar-refractivity contribution in [2.24, 2.45) is 11.8 Å². The molecule has 0 aromatic heterocycles. The predicted octanol–water partition coefficient (Wildman–Crippen LogP) is 7.49. The zero-order valence-electron chi connectivity index (χ0n) is 41.0. The molecular weight excluding hydrogens is 861 g/mol. The van der Waals surface area contributed by atoms with E-state index < -0.39 is 96.1 Å². The smallest absolute Gasteiger partial charge is 0.308 e. The first-order valence-corrected chi connectivity index (χ1v) is 25.7. The maximum absolute atomic E-state index is 14.2. The molecular formula is C53H86O14. The molecule has 0 aromatic carbocycles. The van der Waals surface area contributed by atoms with Crippen LogP contribution in [0.2, 0.25) is 0 Å². The summed E-state index contributed by atoms with van der Waals surface area (Å²) in [6.45, 7) is 14.3. The molecule has 4 fully saturated rings. The Morgan fingerprint density at radius 2 is 1.51 bits per heavy atom. The van der Waals surface area contributed by atoms with Crippen molar-refractivity contribution in [1.82, 2.24) is 0 Å². The van der Waals surface area contributed by atoms with Crippen molar-refractivity contribution in [1.29, 1.82) is 0 Å². The number of hydrogen-bond acceptors (Lipinski definition) is 14. The van der Waals surface area contributed by atoms with Crippen molar-refractivity contribution < 1.29 is 68.6 Å². The molecule has 14 nitrogen and oxygen atoms in total. The molecule has 5 heterocycles. The second-order valence-corrected chi connectivity index (χ2v) is 21.0. The number of fused-ring (bicyclic) bond motifs is 6. The van der Waals surface area contributed by atoms with E-state index in [2.05, 4.69) is 25.3 Å². The second kappa shape index (κ2) is 26.1. The monoisotopic (exact) mass is 947 g/mol. The number of aliphatic hydroxyl groups is 6. The Kier molecular flexibility index (Phi) is 21.6. The lowest BCUT2D eigenvalue weighted by Gasteiger charge is -2.52. The first-order valence-electron chi connectivity index (χ1n) is 25.7. The Hall–Kier alpha value is -2.50. The summed E-state index contributed by atoms with van der Waals surface area (Å²) in [6, 6.07) is 0. The van der Waals surface area contributed by atoms with Crippen molar-refractivity contribution in [3.63, 3.8) is 0 Å². The van der Waals surface area contributed by atoms with Crippen LogP contribution in [0.4, 0.5) is 0 Å². The maximum atomic E-state index is 14.2. The van der Waals surface area contributed by atoms with Crippen LogP contribution in [0, 0.1) is 11.8 Å². The molecule has 1 spiro atoms. The third-order valence-corrected chi connectivity index (χ3v) is 14.7. The summed E-state index contributed by atoms with van der Waals surface area (Å²) in [5, 5.41) is 69.7. The molecule has 7 bridgehead atoms. The molecule has 4 saturated heterocycles. The molecule has 67 heavy (non-hydrogen) atoms. The number of allylic oxidation sites excluding steroid dienone is 4. The summed E-state index contributed by atoms with van der Waals surface area (Å²) in [5.74, 6) is -6.05. The third kappa shape index (κ3) is 16.8. The molecule has 0 radical (unpaired) electrons. The highest BCUT2D eigenvalue weighted by Crippen LogP contribution is 2.46. The Bertz CT molecular complexity index is 1630. The topological polar surface area (TPSA) is 211 Å². The standard InChI is InChI=1S/C53H86O14/c1-7-8-24-39(55)27-35(2)28-45-47(58)48-37(4)49(63-45)50(59)53(61)33-43(56)36(3)44(67-53)26-23-21-19-17-15-13-11-9-10-12-14-16-18-20-22-25-40-31-51(6,60)34-52(65-40)32-42(62-38(5)54)29-41(66-52)30-46(57)64-48/h7-8,17,19,24,36-37,39-45,47-50,55-56,58-61H,1-2,9-16,18,20-23,25-34H2,3-6H3/b19-17-,24-8+/t36-,37-,39-,40+,41-,42+,43+,44-,45-,47-,48-,49-,50+,51+,52+,53-/m1/s1. The highest BCUT2D eigenvalue weighted by atomic mass is 16.7. The van der Waals surface area contributed by atoms with Crippen LogP contribution in [0.3, 0.4) is 0 Å². The lowest BCUT2D eigenvalue weighted by Crippen LogP contribution is -2.65. The molecule has 382 valence electrons. The van der Waals surface area contributed by atoms with Gasteiger partial charge in [0.15, 0.2) is 11.6 Å². The van der Waals surface area contributed by atoms with Gasteiger partial charge in [-0.15, -0.1) is 0 Å². The molecule has 14 heteroatoms. The molecule has 5 rings (SSSR count). The fourth-order valence-electron chi connectivity index (χ4n) is 11.2. The van der Waals surface area contributed by atoms with Gasteiger partial charge < -0.3 is 59.1 Å². The van der Waals surface area contributed by atoms with Gasteiger partial charge in [-0.05, 0) is 58.3 Å². The molecule has 16 atom stereocenters. The predicted molar refractivity (Wildman–Crippen MR) is 253 cm³/mol. The summed E-state index contributed by atoms with van der Waals surface area (Å²) in [5.41, 5.74) is -0.633. The Morgan fingerprint density at radius 3 is 2.18 bits per heavy atom. The minimum absolute atomic E-state index is 0.00991. The van der Waals surface area contributed by atoms with Gasteiger partial charge in [0, 0.05) is 50.9 Å². The zero-order valence-corrected chi connectivity index (χ0v) is 41.0. The molecule has 0 aromatic rings. The van der Waals surface area contributed by atoms with Gasteiger partial charge in [-0.25, -0.2) is 0 Å². The maximum Gasteiger partial charge on any atom is 0.308 e. The van der Waals surface area contributed by atoms with Gasteiger partial charge >= 0.3 is 11.9 Å². The third-order valence-electron chi connectivity index (χ3n) is 14.7. The quantitative estimate of drug-likeness (QED) is 0.0831. The minimum atomic E-state index is -2.25. The van der Waals surface area contributed by atoms with E-state index in [1.54, 1.807) is 26.0 Å². The highest BCUT2D eigenvalue weighted by Gasteiger charge is 2.57. The second-order valence-electron chi connectivity index (χ2n) is 21.0. The van der Waals surface area contributed by atoms with Crippen molar-refractivity contribution in [3.8, 4) is 0 Å². The van der Waals surface area contributed by atoms with E-state index in [1.165, 1.54) is 51.5 Å². The summed E-state index contributed by atoms with van der Waals surface area (Å²) >= 11 is 0. The van der Waals surface area contributed by atoms with E-state index in [9.17, 15) is 40.2 Å². The lowest BCUT2D eigenvalue weighted by molar-refractivity contribution is -0.351. The summed E-state index contributed by atoms with van der Waals surface area (Å²) in [6.07, 6.45) is 13.8. The zero-order chi connectivity index (χ0) is 48.8. The van der Waals surface area contributed by atoms with Crippen LogP contribution in [0.1, 0.15) is 175 Å². The van der Waals surface area contributed by atoms with Gasteiger partial charge in [0.2, 0.25) is 0 Å². The Morgan fingerprint density at radius 1 is 0.866 bits per heavy atom. The van der Waals surface area contributed by atoms with Gasteiger partial charge in [-0.3, -0.25) is 9.59 Å². The first-order chi connectivity index (χ1) is 31.8. The summed E-state index contributed by atoms with van der Waals surface area (Å²) in [7, 11) is 0. The van der Waals surface area contributed by atoms with Crippen molar-refractivity contribution in [3.05, 3.63) is 49.1 Å². The number of rotatable bonds is 7. The number of carbonyl (C=O) groups is 2. The fourth-order valence-corrected chi connectivity index (χ4v) is 11.2. The Labute approximate surface area is 400 Å². The minimum Gasteiger partial charge on any atom is -0.462 e. The van der Waals surface area contributed by atoms with Crippen LogP contribution in [0.5, 0.6) is 0 Å². The van der Waals surface area contributed by atoms with Crippen LogP contribution in [0.25, 0.3) is 0 Å². The van der Waals surface area contributed by atoms with Gasteiger partial charge in [0.05, 0.1) is 54.7 Å². The summed E-state index contributed by atoms with van der Waals surface area (Å²) in [4.78, 5) is 26.5. The van der Waals surface area contributed by atoms with Gasteiger partial charge in [-0.2, -0.15) is 0 Å². The molecule has 0 aliphatic carbocycles. The SMILES string of the molecule is C=C/C=C/[C@@H](O)CC(=C)C[C@H]1O[C@@H]2[C@H](C)[C@@H](OC(=O)C[C@H]3C[C@H](OC(C)=O)C[C@@]4(C[C@@](C)(O)C[C@H](CCCCCCCCCCCC/C=C\CCC[C@H]5O[C@](O)(C[C@H](O)[C@H]5C)[C@H]2O)O4)O3)[C@@H]1O. The molecule has 5 aliphatic rings. The number of carbonyl (C=O) groups excluding carboxylic acids is 2. The average molecular weight is 947 g/mol. The van der Waals surface area contributed by atoms with Crippen LogP contribution in [-0.2, 0) is 38.0 Å². The molecule has 0 amide bonds. The normalized spacial score (nSPS) is 41.6. The number of hydrogen-bond donors (Lipinski definition) is 6. The first kappa shape index (κ1) is 55.4. The van der Waals surface area contributed by atoms with E-state index in [0.717, 1.165) is 51.4 Å². The highest BCUT2D eigenvalue weighted by molar-refractivity contribution is 5.70. The molecule has 5 aliphatic heterocycles. The van der Waals surface area contributed by atoms with Crippen LogP contribution >= 0.6 is 0 Å². The van der Waals surface area contributed by atoms with E-state index in [0.29, 0.717) is 18.4 Å². The van der Waals surface area contributed by atoms with Crippen LogP contribution in [-0.4, -0.2) is 127 Å². The number of aliphatic hydroxyl groups excluding tert-OH is 4. The summed E-state index contributed by atoms with van der Waals surface area (Å²) < 4.78 is 38.0. The molecule has 0 saturated carbocycles. The average Bonchev–Trinajstić information content (AvgIpc) is 3.23. The van der Waals surface area contributed by atoms with Crippen molar-refractivity contribution in [2.75, 3.05) is 0 Å². The van der Waals surface area contributed by atoms with Gasteiger partial charge in [-0.1, -0.05) is 121 Å². The fraction of sp³-hybridized carbons (Fsp3) is 0.811.